The van der Waals surface area contributed by atoms with Crippen molar-refractivity contribution < 1.29 is 14.3 Å². The van der Waals surface area contributed by atoms with Gasteiger partial charge in [-0.05, 0) is 50.5 Å². The molecule has 1 atom stereocenters. The van der Waals surface area contributed by atoms with E-state index in [9.17, 15) is 4.79 Å². The molecule has 1 heterocycles. The summed E-state index contributed by atoms with van der Waals surface area (Å²) in [5.74, 6) is 0.966. The maximum absolute atomic E-state index is 12.4. The molecule has 24 heavy (non-hydrogen) atoms. The van der Waals surface area contributed by atoms with E-state index >= 15 is 0 Å². The minimum atomic E-state index is -0.334. The second-order valence-corrected chi connectivity index (χ2v) is 7.27. The summed E-state index contributed by atoms with van der Waals surface area (Å²) in [5, 5.41) is 0.840. The van der Waals surface area contributed by atoms with Gasteiger partial charge in [0.05, 0.1) is 13.2 Å². The maximum atomic E-state index is 12.4. The van der Waals surface area contributed by atoms with E-state index < -0.39 is 0 Å². The third-order valence-electron chi connectivity index (χ3n) is 3.80. The first kappa shape index (κ1) is 18.5. The molecule has 0 aliphatic carbocycles. The minimum Gasteiger partial charge on any atom is -0.497 e. The Labute approximate surface area is 147 Å². The molecule has 2 aromatic rings. The lowest BCUT2D eigenvalue weighted by Gasteiger charge is -2.09. The van der Waals surface area contributed by atoms with Crippen molar-refractivity contribution >= 4 is 17.3 Å². The number of methoxy groups -OCH3 is 1. The lowest BCUT2D eigenvalue weighted by molar-refractivity contribution is 0.0370. The number of rotatable bonds is 7. The Balaban J connectivity index is 2.36. The first-order chi connectivity index (χ1) is 11.4. The minimum absolute atomic E-state index is 0.153. The largest absolute Gasteiger partial charge is 0.497 e. The fourth-order valence-corrected chi connectivity index (χ4v) is 3.46. The summed E-state index contributed by atoms with van der Waals surface area (Å²) >= 11 is 1.57. The summed E-state index contributed by atoms with van der Waals surface area (Å²) in [4.78, 5) is 18.0. The lowest BCUT2D eigenvalue weighted by atomic mass is 10.0. The summed E-state index contributed by atoms with van der Waals surface area (Å²) in [7, 11) is 1.64. The van der Waals surface area contributed by atoms with Crippen LogP contribution in [-0.4, -0.2) is 24.2 Å². The van der Waals surface area contributed by atoms with Gasteiger partial charge in [0.1, 0.15) is 10.8 Å². The van der Waals surface area contributed by atoms with E-state index in [0.717, 1.165) is 34.0 Å². The second-order valence-electron chi connectivity index (χ2n) is 6.19. The summed E-state index contributed by atoms with van der Waals surface area (Å²) in [6.45, 7) is 8.04. The Morgan fingerprint density at radius 3 is 2.42 bits per heavy atom. The van der Waals surface area contributed by atoms with Crippen LogP contribution in [0, 0.1) is 5.92 Å². The third kappa shape index (κ3) is 4.57. The highest BCUT2D eigenvalue weighted by molar-refractivity contribution is 7.15. The molecule has 1 unspecified atom stereocenters. The highest BCUT2D eigenvalue weighted by Gasteiger charge is 2.22. The van der Waals surface area contributed by atoms with Crippen LogP contribution in [0.4, 0.5) is 0 Å². The molecule has 0 amide bonds. The highest BCUT2D eigenvalue weighted by atomic mass is 32.1. The lowest BCUT2D eigenvalue weighted by Crippen LogP contribution is -2.14. The van der Waals surface area contributed by atoms with Crippen LogP contribution in [0.2, 0.25) is 0 Å². The molecule has 130 valence electrons. The van der Waals surface area contributed by atoms with Crippen molar-refractivity contribution in [3.63, 3.8) is 0 Å². The summed E-state index contributed by atoms with van der Waals surface area (Å²) in [5.41, 5.74) is 1.44. The van der Waals surface area contributed by atoms with Gasteiger partial charge in [-0.3, -0.25) is 0 Å². The first-order valence-corrected chi connectivity index (χ1v) is 9.11. The van der Waals surface area contributed by atoms with E-state index in [-0.39, 0.29) is 12.1 Å². The molecule has 0 aliphatic rings. The van der Waals surface area contributed by atoms with Gasteiger partial charge in [-0.15, -0.1) is 11.3 Å². The Bertz CT molecular complexity index is 676. The van der Waals surface area contributed by atoms with Gasteiger partial charge in [0.25, 0.3) is 0 Å². The molecular formula is C19H25NO3S. The average Bonchev–Trinajstić information content (AvgIpc) is 2.98. The molecule has 0 N–H and O–H groups in total. The van der Waals surface area contributed by atoms with Crippen LogP contribution in [0.15, 0.2) is 24.3 Å². The molecule has 5 heteroatoms. The van der Waals surface area contributed by atoms with Crippen molar-refractivity contribution in [3.05, 3.63) is 34.8 Å². The SMILES string of the molecule is CCC(C)Cc1sc(-c2ccc(OC)cc2)nc1C(=O)OC(C)C. The summed E-state index contributed by atoms with van der Waals surface area (Å²) in [6, 6.07) is 7.72. The fraction of sp³-hybridized carbons (Fsp3) is 0.474. The standard InChI is InChI=1S/C19H25NO3S/c1-6-13(4)11-16-17(19(21)23-12(2)3)20-18(24-16)14-7-9-15(22-5)10-8-14/h7-10,12-13H,6,11H2,1-5H3. The van der Waals surface area contributed by atoms with E-state index in [2.05, 4.69) is 18.8 Å². The van der Waals surface area contributed by atoms with Crippen LogP contribution in [0.3, 0.4) is 0 Å². The Hall–Kier alpha value is -1.88. The second kappa shape index (κ2) is 8.29. The molecule has 0 fully saturated rings. The molecule has 0 bridgehead atoms. The van der Waals surface area contributed by atoms with Crippen LogP contribution < -0.4 is 4.74 Å². The number of nitrogens with zero attached hydrogens (tertiary/aromatic N) is 1. The van der Waals surface area contributed by atoms with E-state index in [1.54, 1.807) is 18.4 Å². The van der Waals surface area contributed by atoms with Gasteiger partial charge >= 0.3 is 5.97 Å². The zero-order valence-electron chi connectivity index (χ0n) is 15.0. The van der Waals surface area contributed by atoms with Crippen molar-refractivity contribution in [1.29, 1.82) is 0 Å². The molecule has 0 saturated carbocycles. The van der Waals surface area contributed by atoms with Crippen LogP contribution in [-0.2, 0) is 11.2 Å². The molecule has 1 aromatic carbocycles. The zero-order valence-corrected chi connectivity index (χ0v) is 15.8. The van der Waals surface area contributed by atoms with E-state index in [0.29, 0.717) is 11.6 Å². The first-order valence-electron chi connectivity index (χ1n) is 8.29. The number of carbonyl (C=O) groups is 1. The van der Waals surface area contributed by atoms with Crippen molar-refractivity contribution in [2.75, 3.05) is 7.11 Å². The third-order valence-corrected chi connectivity index (χ3v) is 4.93. The van der Waals surface area contributed by atoms with Crippen LogP contribution in [0.1, 0.15) is 49.5 Å². The summed E-state index contributed by atoms with van der Waals surface area (Å²) < 4.78 is 10.6. The van der Waals surface area contributed by atoms with Gasteiger partial charge in [-0.25, -0.2) is 9.78 Å². The zero-order chi connectivity index (χ0) is 17.7. The number of esters is 1. The van der Waals surface area contributed by atoms with E-state index in [4.69, 9.17) is 9.47 Å². The molecule has 0 saturated heterocycles. The number of benzene rings is 1. The Morgan fingerprint density at radius 1 is 1.21 bits per heavy atom. The summed E-state index contributed by atoms with van der Waals surface area (Å²) in [6.07, 6.45) is 1.75. The number of aromatic nitrogens is 1. The van der Waals surface area contributed by atoms with Crippen molar-refractivity contribution in [2.45, 2.75) is 46.6 Å². The molecule has 0 radical (unpaired) electrons. The molecule has 0 spiro atoms. The van der Waals surface area contributed by atoms with E-state index in [1.807, 2.05) is 38.1 Å². The number of carbonyl (C=O) groups excluding carboxylic acids is 1. The molecule has 1 aromatic heterocycles. The molecule has 4 nitrogen and oxygen atoms in total. The number of thiazole rings is 1. The van der Waals surface area contributed by atoms with Gasteiger partial charge in [-0.1, -0.05) is 20.3 Å². The van der Waals surface area contributed by atoms with E-state index in [1.165, 1.54) is 0 Å². The quantitative estimate of drug-likeness (QED) is 0.663. The Kier molecular flexibility index (Phi) is 6.37. The fourth-order valence-electron chi connectivity index (χ4n) is 2.24. The van der Waals surface area contributed by atoms with Gasteiger partial charge in [-0.2, -0.15) is 0 Å². The van der Waals surface area contributed by atoms with Gasteiger partial charge in [0.15, 0.2) is 5.69 Å². The van der Waals surface area contributed by atoms with Gasteiger partial charge in [0.2, 0.25) is 0 Å². The normalized spacial score (nSPS) is 12.2. The monoisotopic (exact) mass is 347 g/mol. The van der Waals surface area contributed by atoms with Crippen LogP contribution in [0.25, 0.3) is 10.6 Å². The molecule has 2 rings (SSSR count). The molecular weight excluding hydrogens is 322 g/mol. The van der Waals surface area contributed by atoms with Crippen molar-refractivity contribution in [2.24, 2.45) is 5.92 Å². The predicted octanol–water partition coefficient (Wildman–Crippen LogP) is 4.97. The van der Waals surface area contributed by atoms with Gasteiger partial charge < -0.3 is 9.47 Å². The van der Waals surface area contributed by atoms with Crippen molar-refractivity contribution in [1.82, 2.24) is 4.98 Å². The van der Waals surface area contributed by atoms with Gasteiger partial charge in [0, 0.05) is 10.4 Å². The number of hydrogen-bond acceptors (Lipinski definition) is 5. The average molecular weight is 347 g/mol. The predicted molar refractivity (Wildman–Crippen MR) is 97.8 cm³/mol. The number of hydrogen-bond donors (Lipinski definition) is 0. The van der Waals surface area contributed by atoms with Crippen LogP contribution >= 0.6 is 11.3 Å². The number of ether oxygens (including phenoxy) is 2. The van der Waals surface area contributed by atoms with Crippen molar-refractivity contribution in [3.8, 4) is 16.3 Å². The topological polar surface area (TPSA) is 48.4 Å². The maximum Gasteiger partial charge on any atom is 0.358 e. The van der Waals surface area contributed by atoms with Crippen LogP contribution in [0.5, 0.6) is 5.75 Å². The highest BCUT2D eigenvalue weighted by Crippen LogP contribution is 2.32. The molecule has 0 aliphatic heterocycles. The smallest absolute Gasteiger partial charge is 0.358 e. The Morgan fingerprint density at radius 2 is 1.88 bits per heavy atom.